The molecule has 0 spiro atoms. The van der Waals surface area contributed by atoms with Gasteiger partial charge in [-0.3, -0.25) is 4.79 Å². The fraction of sp³-hybridized carbons (Fsp3) is 0.121. The maximum Gasteiger partial charge on any atom is 0.313 e. The summed E-state index contributed by atoms with van der Waals surface area (Å²) in [6.45, 7) is 0.368. The van der Waals surface area contributed by atoms with Crippen molar-refractivity contribution in [3.05, 3.63) is 144 Å². The van der Waals surface area contributed by atoms with Gasteiger partial charge in [-0.2, -0.15) is 0 Å². The number of carbonyl (C=O) groups is 1. The summed E-state index contributed by atoms with van der Waals surface area (Å²) < 4.78 is 5.85. The van der Waals surface area contributed by atoms with E-state index in [4.69, 9.17) is 4.74 Å². The first-order valence-electron chi connectivity index (χ1n) is 12.1. The van der Waals surface area contributed by atoms with Crippen molar-refractivity contribution in [2.24, 2.45) is 0 Å². The number of ether oxygens (including phenoxy) is 1. The zero-order chi connectivity index (χ0) is 23.9. The van der Waals surface area contributed by atoms with Crippen molar-refractivity contribution in [1.82, 2.24) is 0 Å². The lowest BCUT2D eigenvalue weighted by Gasteiger charge is -2.19. The number of rotatable bonds is 8. The Morgan fingerprint density at radius 2 is 1.31 bits per heavy atom. The molecule has 5 aromatic rings. The summed E-state index contributed by atoms with van der Waals surface area (Å²) >= 11 is 0. The molecule has 1 atom stereocenters. The summed E-state index contributed by atoms with van der Waals surface area (Å²) in [4.78, 5) is 13.5. The van der Waals surface area contributed by atoms with Crippen molar-refractivity contribution in [3.63, 3.8) is 0 Å². The summed E-state index contributed by atoms with van der Waals surface area (Å²) in [6, 6.07) is 43.4. The van der Waals surface area contributed by atoms with E-state index in [0.29, 0.717) is 19.4 Å². The fourth-order valence-corrected chi connectivity index (χ4v) is 4.59. The molecule has 0 fully saturated rings. The summed E-state index contributed by atoms with van der Waals surface area (Å²) in [5, 5.41) is 2.29. The van der Waals surface area contributed by atoms with Crippen LogP contribution in [0.2, 0.25) is 0 Å². The molecule has 2 heteroatoms. The van der Waals surface area contributed by atoms with E-state index in [2.05, 4.69) is 72.8 Å². The molecule has 35 heavy (non-hydrogen) atoms. The van der Waals surface area contributed by atoms with Crippen molar-refractivity contribution in [2.45, 2.75) is 18.8 Å². The molecule has 0 saturated heterocycles. The molecule has 0 heterocycles. The third-order valence-electron chi connectivity index (χ3n) is 6.46. The highest BCUT2D eigenvalue weighted by Gasteiger charge is 2.24. The lowest BCUT2D eigenvalue weighted by atomic mass is 9.87. The van der Waals surface area contributed by atoms with Gasteiger partial charge in [0.1, 0.15) is 0 Å². The molecule has 0 aliphatic carbocycles. The molecule has 0 aromatic heterocycles. The van der Waals surface area contributed by atoms with Gasteiger partial charge in [0.15, 0.2) is 0 Å². The Kier molecular flexibility index (Phi) is 7.00. The van der Waals surface area contributed by atoms with Crippen LogP contribution in [0.3, 0.4) is 0 Å². The molecule has 0 saturated carbocycles. The van der Waals surface area contributed by atoms with Gasteiger partial charge in [0.05, 0.1) is 12.5 Å². The Hall–Kier alpha value is -4.17. The first-order valence-corrected chi connectivity index (χ1v) is 12.1. The normalized spacial score (nSPS) is 11.8. The van der Waals surface area contributed by atoms with Gasteiger partial charge in [0.2, 0.25) is 0 Å². The van der Waals surface area contributed by atoms with Crippen molar-refractivity contribution in [1.29, 1.82) is 0 Å². The van der Waals surface area contributed by atoms with E-state index in [0.717, 1.165) is 38.6 Å². The van der Waals surface area contributed by atoms with Gasteiger partial charge in [-0.1, -0.05) is 127 Å². The Bertz CT molecular complexity index is 1410. The summed E-state index contributed by atoms with van der Waals surface area (Å²) in [6.07, 6.45) is 1.28. The van der Waals surface area contributed by atoms with Crippen LogP contribution in [-0.4, -0.2) is 12.6 Å². The summed E-state index contributed by atoms with van der Waals surface area (Å²) in [5.41, 5.74) is 5.58. The zero-order valence-electron chi connectivity index (χ0n) is 19.6. The van der Waals surface area contributed by atoms with E-state index in [-0.39, 0.29) is 11.9 Å². The number of carbonyl (C=O) groups excluding carboxylic acids is 1. The first-order chi connectivity index (χ1) is 17.3. The number of esters is 1. The minimum atomic E-state index is -0.389. The molecular weight excluding hydrogens is 428 g/mol. The molecule has 0 amide bonds. The van der Waals surface area contributed by atoms with Gasteiger partial charge in [-0.25, -0.2) is 0 Å². The minimum absolute atomic E-state index is 0.181. The lowest BCUT2D eigenvalue weighted by Crippen LogP contribution is -2.20. The van der Waals surface area contributed by atoms with Crippen LogP contribution in [0, 0.1) is 0 Å². The van der Waals surface area contributed by atoms with Crippen molar-refractivity contribution < 1.29 is 9.53 Å². The largest absolute Gasteiger partial charge is 0.465 e. The molecule has 172 valence electrons. The molecule has 0 aliphatic rings. The van der Waals surface area contributed by atoms with Gasteiger partial charge in [-0.15, -0.1) is 0 Å². The van der Waals surface area contributed by atoms with Gasteiger partial charge in [-0.05, 0) is 45.0 Å². The van der Waals surface area contributed by atoms with E-state index < -0.39 is 0 Å². The van der Waals surface area contributed by atoms with Crippen LogP contribution in [0.25, 0.3) is 21.9 Å². The molecule has 5 aromatic carbocycles. The number of benzene rings is 5. The highest BCUT2D eigenvalue weighted by Crippen LogP contribution is 2.31. The van der Waals surface area contributed by atoms with Gasteiger partial charge in [0, 0.05) is 6.42 Å². The van der Waals surface area contributed by atoms with Crippen LogP contribution < -0.4 is 0 Å². The topological polar surface area (TPSA) is 26.3 Å². The van der Waals surface area contributed by atoms with Crippen LogP contribution >= 0.6 is 0 Å². The maximum absolute atomic E-state index is 13.5. The lowest BCUT2D eigenvalue weighted by molar-refractivity contribution is -0.145. The number of hydrogen-bond acceptors (Lipinski definition) is 2. The molecular formula is C33H28O2. The standard InChI is InChI=1S/C33H28O2/c34-33(35-22-21-25-11-3-1-4-12-25)32(30-20-19-26-13-7-8-16-28(26)23-30)24-29-17-9-10-18-31(29)27-14-5-2-6-15-27/h1-20,23,32H,21-22,24H2/t32-/m1/s1. The Morgan fingerprint density at radius 1 is 0.657 bits per heavy atom. The maximum atomic E-state index is 13.5. The Balaban J connectivity index is 1.45. The van der Waals surface area contributed by atoms with E-state index in [1.807, 2.05) is 54.6 Å². The van der Waals surface area contributed by atoms with Crippen LogP contribution in [0.15, 0.2) is 127 Å². The summed E-state index contributed by atoms with van der Waals surface area (Å²) in [5.74, 6) is -0.570. The van der Waals surface area contributed by atoms with Crippen molar-refractivity contribution in [3.8, 4) is 11.1 Å². The Morgan fingerprint density at radius 3 is 2.11 bits per heavy atom. The van der Waals surface area contributed by atoms with Crippen LogP contribution in [-0.2, 0) is 22.4 Å². The third kappa shape index (κ3) is 5.50. The smallest absolute Gasteiger partial charge is 0.313 e. The quantitative estimate of drug-likeness (QED) is 0.225. The van der Waals surface area contributed by atoms with Crippen molar-refractivity contribution >= 4 is 16.7 Å². The first kappa shape index (κ1) is 22.6. The fourth-order valence-electron chi connectivity index (χ4n) is 4.59. The van der Waals surface area contributed by atoms with E-state index in [9.17, 15) is 4.79 Å². The predicted octanol–water partition coefficient (Wildman–Crippen LogP) is 7.62. The molecule has 2 nitrogen and oxygen atoms in total. The van der Waals surface area contributed by atoms with Crippen LogP contribution in [0.1, 0.15) is 22.6 Å². The van der Waals surface area contributed by atoms with Crippen LogP contribution in [0.4, 0.5) is 0 Å². The highest BCUT2D eigenvalue weighted by atomic mass is 16.5. The van der Waals surface area contributed by atoms with Gasteiger partial charge >= 0.3 is 5.97 Å². The number of fused-ring (bicyclic) bond motifs is 1. The summed E-state index contributed by atoms with van der Waals surface area (Å²) in [7, 11) is 0. The second-order valence-corrected chi connectivity index (χ2v) is 8.79. The molecule has 0 bridgehead atoms. The molecule has 5 rings (SSSR count). The molecule has 0 radical (unpaired) electrons. The average Bonchev–Trinajstić information content (AvgIpc) is 2.92. The minimum Gasteiger partial charge on any atom is -0.465 e. The molecule has 0 unspecified atom stereocenters. The molecule has 0 aliphatic heterocycles. The highest BCUT2D eigenvalue weighted by molar-refractivity contribution is 5.86. The van der Waals surface area contributed by atoms with E-state index in [1.165, 1.54) is 0 Å². The van der Waals surface area contributed by atoms with E-state index in [1.54, 1.807) is 0 Å². The van der Waals surface area contributed by atoms with E-state index >= 15 is 0 Å². The van der Waals surface area contributed by atoms with Crippen molar-refractivity contribution in [2.75, 3.05) is 6.61 Å². The Labute approximate surface area is 206 Å². The van der Waals surface area contributed by atoms with Gasteiger partial charge < -0.3 is 4.74 Å². The SMILES string of the molecule is O=C(OCCc1ccccc1)[C@H](Cc1ccccc1-c1ccccc1)c1ccc2ccccc2c1. The molecule has 0 N–H and O–H groups in total. The number of hydrogen-bond donors (Lipinski definition) is 0. The van der Waals surface area contributed by atoms with Crippen LogP contribution in [0.5, 0.6) is 0 Å². The monoisotopic (exact) mass is 456 g/mol. The van der Waals surface area contributed by atoms with Gasteiger partial charge in [0.25, 0.3) is 0 Å². The second kappa shape index (κ2) is 10.8. The predicted molar refractivity (Wildman–Crippen MR) is 143 cm³/mol. The average molecular weight is 457 g/mol. The second-order valence-electron chi connectivity index (χ2n) is 8.79. The zero-order valence-corrected chi connectivity index (χ0v) is 19.6. The third-order valence-corrected chi connectivity index (χ3v) is 6.46.